The number of phenolic OH excluding ortho intramolecular Hbond substituents is 1. The van der Waals surface area contributed by atoms with Gasteiger partial charge in [-0.3, -0.25) is 4.79 Å². The van der Waals surface area contributed by atoms with Gasteiger partial charge in [0.1, 0.15) is 11.5 Å². The fourth-order valence-electron chi connectivity index (χ4n) is 5.34. The van der Waals surface area contributed by atoms with E-state index in [0.29, 0.717) is 29.3 Å². The topological polar surface area (TPSA) is 37.3 Å². The van der Waals surface area contributed by atoms with E-state index < -0.39 is 0 Å². The number of hydrogen-bond acceptors (Lipinski definition) is 2. The molecule has 2 saturated carbocycles. The first-order valence-corrected chi connectivity index (χ1v) is 7.95. The van der Waals surface area contributed by atoms with Crippen LogP contribution in [0.25, 0.3) is 0 Å². The molecule has 0 saturated heterocycles. The van der Waals surface area contributed by atoms with Gasteiger partial charge in [0.05, 0.1) is 0 Å². The summed E-state index contributed by atoms with van der Waals surface area (Å²) in [5.74, 6) is 2.78. The molecule has 3 heteroatoms. The molecule has 0 unspecified atom stereocenters. The summed E-state index contributed by atoms with van der Waals surface area (Å²) < 4.78 is 0. The monoisotopic (exact) mass is 294 g/mol. The summed E-state index contributed by atoms with van der Waals surface area (Å²) in [5, 5.41) is 9.67. The van der Waals surface area contributed by atoms with E-state index >= 15 is 0 Å². The van der Waals surface area contributed by atoms with Gasteiger partial charge >= 0.3 is 29.6 Å². The van der Waals surface area contributed by atoms with Crippen molar-refractivity contribution in [2.45, 2.75) is 51.4 Å². The number of fused-ring (bicyclic) bond motifs is 5. The van der Waals surface area contributed by atoms with Gasteiger partial charge in [-0.15, -0.1) is 0 Å². The normalized spacial score (nSPS) is 37.2. The second-order valence-corrected chi connectivity index (χ2v) is 7.22. The molecule has 3 aliphatic carbocycles. The molecule has 0 aromatic heterocycles. The minimum atomic E-state index is -0.0322. The van der Waals surface area contributed by atoms with Crippen molar-refractivity contribution in [1.82, 2.24) is 0 Å². The van der Waals surface area contributed by atoms with Crippen molar-refractivity contribution in [2.24, 2.45) is 17.3 Å². The van der Waals surface area contributed by atoms with Gasteiger partial charge in [-0.1, -0.05) is 13.0 Å². The summed E-state index contributed by atoms with van der Waals surface area (Å²) in [6.07, 6.45) is 6.34. The van der Waals surface area contributed by atoms with Crippen LogP contribution >= 0.6 is 0 Å². The average molecular weight is 294 g/mol. The molecule has 4 atom stereocenters. The second-order valence-electron chi connectivity index (χ2n) is 7.22. The summed E-state index contributed by atoms with van der Waals surface area (Å²) in [6, 6.07) is 5.90. The van der Waals surface area contributed by atoms with E-state index in [2.05, 4.69) is 13.0 Å². The summed E-state index contributed by atoms with van der Waals surface area (Å²) in [4.78, 5) is 12.3. The van der Waals surface area contributed by atoms with E-state index in [9.17, 15) is 9.90 Å². The molecule has 0 bridgehead atoms. The molecule has 1 aromatic carbocycles. The van der Waals surface area contributed by atoms with Crippen LogP contribution in [-0.4, -0.2) is 40.4 Å². The zero-order valence-corrected chi connectivity index (χ0v) is 12.1. The Bertz CT molecular complexity index is 583. The fraction of sp³-hybridized carbons (Fsp3) is 0.611. The summed E-state index contributed by atoms with van der Waals surface area (Å²) in [6.45, 7) is 2.22. The van der Waals surface area contributed by atoms with Gasteiger partial charge in [-0.05, 0) is 73.1 Å². The molecule has 2 fully saturated rings. The first kappa shape index (κ1) is 15.6. The maximum absolute atomic E-state index is 12.3. The van der Waals surface area contributed by atoms with Crippen LogP contribution in [0.2, 0.25) is 0 Å². The Morgan fingerprint density at radius 1 is 1.19 bits per heavy atom. The van der Waals surface area contributed by atoms with Gasteiger partial charge in [0, 0.05) is 11.8 Å². The van der Waals surface area contributed by atoms with E-state index in [1.165, 1.54) is 17.5 Å². The van der Waals surface area contributed by atoms with Crippen molar-refractivity contribution in [3.8, 4) is 5.75 Å². The van der Waals surface area contributed by atoms with E-state index in [-0.39, 0.29) is 35.0 Å². The van der Waals surface area contributed by atoms with Crippen molar-refractivity contribution in [3.63, 3.8) is 0 Å². The SMILES string of the molecule is C[C@]12CC[C@@H]3c4ccc(O)cc4CC[C@H]3[C@@H]1CCC2=O.[NaH]. The van der Waals surface area contributed by atoms with Crippen LogP contribution in [0, 0.1) is 17.3 Å². The summed E-state index contributed by atoms with van der Waals surface area (Å²) in [7, 11) is 0. The number of Topliss-reactive ketones (excluding diaryl/α,β-unsaturated/α-hetero) is 1. The van der Waals surface area contributed by atoms with Crippen molar-refractivity contribution in [2.75, 3.05) is 0 Å². The molecule has 1 aromatic rings. The number of ketones is 1. The molecule has 0 spiro atoms. The molecule has 0 heterocycles. The Morgan fingerprint density at radius 2 is 2.00 bits per heavy atom. The molecule has 1 N–H and O–H groups in total. The Labute approximate surface area is 148 Å². The van der Waals surface area contributed by atoms with Crippen molar-refractivity contribution in [3.05, 3.63) is 29.3 Å². The van der Waals surface area contributed by atoms with Crippen LogP contribution in [0.15, 0.2) is 18.2 Å². The predicted octanol–water partition coefficient (Wildman–Crippen LogP) is 3.17. The van der Waals surface area contributed by atoms with Crippen molar-refractivity contribution >= 4 is 35.3 Å². The molecule has 4 rings (SSSR count). The van der Waals surface area contributed by atoms with Crippen LogP contribution in [0.1, 0.15) is 56.1 Å². The van der Waals surface area contributed by atoms with Gasteiger partial charge in [0.2, 0.25) is 0 Å². The van der Waals surface area contributed by atoms with Crippen LogP contribution < -0.4 is 0 Å². The number of benzene rings is 1. The van der Waals surface area contributed by atoms with E-state index in [4.69, 9.17) is 0 Å². The van der Waals surface area contributed by atoms with E-state index in [1.54, 1.807) is 0 Å². The Kier molecular flexibility index (Phi) is 4.01. The zero-order chi connectivity index (χ0) is 13.9. The zero-order valence-electron chi connectivity index (χ0n) is 12.1. The number of phenols is 1. The fourth-order valence-corrected chi connectivity index (χ4v) is 5.34. The Balaban J connectivity index is 0.00000132. The molecule has 0 aliphatic heterocycles. The maximum atomic E-state index is 12.3. The standard InChI is InChI=1S/C18H22O2.Na.H/c1-18-9-8-14-13-5-3-12(19)10-11(13)2-4-15(14)16(18)6-7-17(18)20;;/h3,5,10,14-16,19H,2,4,6-9H2,1H3;;/t14-,15-,16+,18+;;/m1../s1. The molecular weight excluding hydrogens is 271 g/mol. The van der Waals surface area contributed by atoms with Gasteiger partial charge < -0.3 is 5.11 Å². The Hall–Kier alpha value is -0.310. The number of aromatic hydroxyl groups is 1. The molecule has 0 amide bonds. The minimum absolute atomic E-state index is 0. The average Bonchev–Trinajstić information content (AvgIpc) is 2.74. The molecule has 2 nitrogen and oxygen atoms in total. The summed E-state index contributed by atoms with van der Waals surface area (Å²) >= 11 is 0. The number of rotatable bonds is 0. The van der Waals surface area contributed by atoms with Crippen molar-refractivity contribution < 1.29 is 9.90 Å². The Morgan fingerprint density at radius 3 is 2.81 bits per heavy atom. The van der Waals surface area contributed by atoms with Crippen molar-refractivity contribution in [1.29, 1.82) is 0 Å². The van der Waals surface area contributed by atoms with Gasteiger partial charge in [0.15, 0.2) is 0 Å². The van der Waals surface area contributed by atoms with Gasteiger partial charge in [-0.25, -0.2) is 0 Å². The molecule has 21 heavy (non-hydrogen) atoms. The third kappa shape index (κ3) is 2.22. The molecular formula is C18H23NaO2. The van der Waals surface area contributed by atoms with E-state index in [0.717, 1.165) is 32.1 Å². The van der Waals surface area contributed by atoms with Crippen LogP contribution in [0.5, 0.6) is 5.75 Å². The first-order chi connectivity index (χ1) is 9.59. The van der Waals surface area contributed by atoms with Crippen LogP contribution in [0.3, 0.4) is 0 Å². The third-order valence-corrected chi connectivity index (χ3v) is 6.42. The third-order valence-electron chi connectivity index (χ3n) is 6.42. The van der Waals surface area contributed by atoms with Crippen LogP contribution in [-0.2, 0) is 11.2 Å². The quantitative estimate of drug-likeness (QED) is 0.746. The number of aryl methyl sites for hydroxylation is 1. The van der Waals surface area contributed by atoms with Crippen LogP contribution in [0.4, 0.5) is 0 Å². The van der Waals surface area contributed by atoms with E-state index in [1.807, 2.05) is 12.1 Å². The van der Waals surface area contributed by atoms with Gasteiger partial charge in [-0.2, -0.15) is 0 Å². The molecule has 108 valence electrons. The number of carbonyl (C=O) groups is 1. The molecule has 3 aliphatic rings. The molecule has 0 radical (unpaired) electrons. The van der Waals surface area contributed by atoms with Gasteiger partial charge in [0.25, 0.3) is 0 Å². The predicted molar refractivity (Wildman–Crippen MR) is 84.9 cm³/mol. The summed E-state index contributed by atoms with van der Waals surface area (Å²) in [5.41, 5.74) is 2.75. The second kappa shape index (κ2) is 5.40. The first-order valence-electron chi connectivity index (χ1n) is 7.95. The number of hydrogen-bond donors (Lipinski definition) is 1. The number of carbonyl (C=O) groups excluding carboxylic acids is 1.